The Balaban J connectivity index is 1.09. The van der Waals surface area contributed by atoms with Crippen molar-refractivity contribution in [3.05, 3.63) is 66.6 Å². The fourth-order valence-corrected chi connectivity index (χ4v) is 4.57. The molecule has 0 radical (unpaired) electrons. The predicted molar refractivity (Wildman–Crippen MR) is 120 cm³/mol. The molecule has 154 valence electrons. The number of benzene rings is 2. The lowest BCUT2D eigenvalue weighted by Crippen LogP contribution is -2.44. The lowest BCUT2D eigenvalue weighted by molar-refractivity contribution is 0.181. The highest BCUT2D eigenvalue weighted by Crippen LogP contribution is 2.33. The number of aromatic amines is 1. The predicted octanol–water partition coefficient (Wildman–Crippen LogP) is 4.50. The number of carbonyl (C=O) groups excluding carboxylic acids is 1. The van der Waals surface area contributed by atoms with Crippen molar-refractivity contribution in [3.8, 4) is 0 Å². The van der Waals surface area contributed by atoms with Crippen LogP contribution in [0.25, 0.3) is 21.9 Å². The van der Waals surface area contributed by atoms with Crippen molar-refractivity contribution in [1.82, 2.24) is 24.8 Å². The van der Waals surface area contributed by atoms with E-state index in [2.05, 4.69) is 56.4 Å². The quantitative estimate of drug-likeness (QED) is 0.484. The molecule has 1 aliphatic heterocycles. The third-order valence-electron chi connectivity index (χ3n) is 6.22. The molecular weight excluding hydrogens is 374 g/mol. The van der Waals surface area contributed by atoms with Crippen molar-refractivity contribution in [2.75, 3.05) is 19.6 Å². The number of piperidine rings is 1. The second-order valence-electron chi connectivity index (χ2n) is 8.06. The molecule has 0 saturated carbocycles. The zero-order chi connectivity index (χ0) is 20.3. The number of aromatic nitrogens is 3. The zero-order valence-electron chi connectivity index (χ0n) is 17.1. The highest BCUT2D eigenvalue weighted by molar-refractivity contribution is 5.83. The number of amides is 2. The van der Waals surface area contributed by atoms with E-state index >= 15 is 0 Å². The smallest absolute Gasteiger partial charge is 0.317 e. The second-order valence-corrected chi connectivity index (χ2v) is 8.06. The number of nitrogens with one attached hydrogen (secondary N) is 2. The molecule has 2 aromatic carbocycles. The Hall–Kier alpha value is -3.28. The summed E-state index contributed by atoms with van der Waals surface area (Å²) in [6, 6.07) is 16.6. The molecule has 6 nitrogen and oxygen atoms in total. The molecule has 0 aliphatic carbocycles. The molecular formula is C24H27N5O. The average molecular weight is 402 g/mol. The minimum atomic E-state index is 0.0582. The van der Waals surface area contributed by atoms with Crippen molar-refractivity contribution in [3.63, 3.8) is 0 Å². The zero-order valence-corrected chi connectivity index (χ0v) is 17.1. The van der Waals surface area contributed by atoms with Crippen LogP contribution in [0.4, 0.5) is 4.79 Å². The largest absolute Gasteiger partial charge is 0.361 e. The molecule has 0 unspecified atom stereocenters. The number of aryl methyl sites for hydroxylation is 1. The standard InChI is InChI=1S/C24H27N5O/c30-24(25-12-5-13-29-17-27-22-8-3-4-9-23(22)29)28-14-10-18(11-15-28)20-16-26-21-7-2-1-6-19(20)21/h1-4,6-9,16-18,26H,5,10-15H2,(H,25,30). The van der Waals surface area contributed by atoms with Crippen molar-refractivity contribution >= 4 is 28.0 Å². The maximum Gasteiger partial charge on any atom is 0.317 e. The Labute approximate surface area is 175 Å². The van der Waals surface area contributed by atoms with Crippen LogP contribution >= 0.6 is 0 Å². The van der Waals surface area contributed by atoms with Gasteiger partial charge in [-0.25, -0.2) is 9.78 Å². The van der Waals surface area contributed by atoms with Gasteiger partial charge in [-0.1, -0.05) is 30.3 Å². The van der Waals surface area contributed by atoms with Crippen LogP contribution in [0.15, 0.2) is 61.1 Å². The van der Waals surface area contributed by atoms with Crippen LogP contribution in [0.1, 0.15) is 30.7 Å². The van der Waals surface area contributed by atoms with Crippen LogP contribution in [0.2, 0.25) is 0 Å². The Morgan fingerprint density at radius 3 is 2.80 bits per heavy atom. The summed E-state index contributed by atoms with van der Waals surface area (Å²) in [6.07, 6.45) is 6.93. The maximum atomic E-state index is 12.6. The van der Waals surface area contributed by atoms with Gasteiger partial charge in [0.05, 0.1) is 17.4 Å². The van der Waals surface area contributed by atoms with Crippen molar-refractivity contribution in [1.29, 1.82) is 0 Å². The number of urea groups is 1. The van der Waals surface area contributed by atoms with E-state index in [0.29, 0.717) is 12.5 Å². The SMILES string of the molecule is O=C(NCCCn1cnc2ccccc21)N1CCC(c2c[nH]c3ccccc23)CC1. The van der Waals surface area contributed by atoms with Gasteiger partial charge in [0.2, 0.25) is 0 Å². The Morgan fingerprint density at radius 1 is 1.10 bits per heavy atom. The molecule has 2 amide bonds. The number of likely N-dealkylation sites (tertiary alicyclic amines) is 1. The molecule has 0 bridgehead atoms. The van der Waals surface area contributed by atoms with Crippen LogP contribution < -0.4 is 5.32 Å². The first-order chi connectivity index (χ1) is 14.8. The molecule has 3 heterocycles. The molecule has 5 rings (SSSR count). The summed E-state index contributed by atoms with van der Waals surface area (Å²) in [5, 5.41) is 4.40. The fourth-order valence-electron chi connectivity index (χ4n) is 4.57. The Morgan fingerprint density at radius 2 is 1.90 bits per heavy atom. The normalized spacial score (nSPS) is 15.1. The number of para-hydroxylation sites is 3. The number of imidazole rings is 1. The summed E-state index contributed by atoms with van der Waals surface area (Å²) in [5.41, 5.74) is 4.74. The molecule has 4 aromatic rings. The van der Waals surface area contributed by atoms with E-state index in [4.69, 9.17) is 0 Å². The summed E-state index contributed by atoms with van der Waals surface area (Å²) in [6.45, 7) is 3.14. The van der Waals surface area contributed by atoms with Gasteiger partial charge >= 0.3 is 6.03 Å². The number of hydrogen-bond donors (Lipinski definition) is 2. The Kier molecular flexibility index (Phi) is 5.13. The second kappa shape index (κ2) is 8.22. The first-order valence-electron chi connectivity index (χ1n) is 10.8. The molecule has 0 spiro atoms. The molecule has 0 atom stereocenters. The van der Waals surface area contributed by atoms with E-state index in [1.54, 1.807) is 0 Å². The van der Waals surface area contributed by atoms with E-state index in [-0.39, 0.29) is 6.03 Å². The third-order valence-corrected chi connectivity index (χ3v) is 6.22. The number of rotatable bonds is 5. The highest BCUT2D eigenvalue weighted by Gasteiger charge is 2.25. The van der Waals surface area contributed by atoms with E-state index in [0.717, 1.165) is 49.9 Å². The van der Waals surface area contributed by atoms with Gasteiger partial charge in [-0.15, -0.1) is 0 Å². The Bertz CT molecular complexity index is 1150. The van der Waals surface area contributed by atoms with E-state index in [1.165, 1.54) is 16.5 Å². The van der Waals surface area contributed by atoms with Gasteiger partial charge in [-0.2, -0.15) is 0 Å². The van der Waals surface area contributed by atoms with Crippen LogP contribution in [-0.4, -0.2) is 45.1 Å². The minimum absolute atomic E-state index is 0.0582. The van der Waals surface area contributed by atoms with Gasteiger partial charge in [0.1, 0.15) is 0 Å². The summed E-state index contributed by atoms with van der Waals surface area (Å²) in [5.74, 6) is 0.514. The first kappa shape index (κ1) is 18.7. The van der Waals surface area contributed by atoms with Crippen molar-refractivity contribution in [2.45, 2.75) is 31.7 Å². The molecule has 1 fully saturated rings. The maximum absolute atomic E-state index is 12.6. The number of nitrogens with zero attached hydrogens (tertiary/aromatic N) is 3. The van der Waals surface area contributed by atoms with Crippen molar-refractivity contribution in [2.24, 2.45) is 0 Å². The highest BCUT2D eigenvalue weighted by atomic mass is 16.2. The fraction of sp³-hybridized carbons (Fsp3) is 0.333. The van der Waals surface area contributed by atoms with E-state index < -0.39 is 0 Å². The molecule has 2 aromatic heterocycles. The molecule has 2 N–H and O–H groups in total. The van der Waals surface area contributed by atoms with E-state index in [1.807, 2.05) is 29.4 Å². The van der Waals surface area contributed by atoms with E-state index in [9.17, 15) is 4.79 Å². The summed E-state index contributed by atoms with van der Waals surface area (Å²) in [7, 11) is 0. The van der Waals surface area contributed by atoms with Gasteiger partial charge in [0, 0.05) is 43.3 Å². The van der Waals surface area contributed by atoms with Crippen LogP contribution in [0.5, 0.6) is 0 Å². The molecule has 30 heavy (non-hydrogen) atoms. The van der Waals surface area contributed by atoms with Gasteiger partial charge in [0.25, 0.3) is 0 Å². The lowest BCUT2D eigenvalue weighted by Gasteiger charge is -2.32. The third kappa shape index (κ3) is 3.65. The number of carbonyl (C=O) groups is 1. The van der Waals surface area contributed by atoms with Crippen molar-refractivity contribution < 1.29 is 4.79 Å². The summed E-state index contributed by atoms with van der Waals surface area (Å²) in [4.78, 5) is 22.3. The first-order valence-corrected chi connectivity index (χ1v) is 10.8. The van der Waals surface area contributed by atoms with Gasteiger partial charge in [-0.05, 0) is 48.9 Å². The number of H-pyrrole nitrogens is 1. The lowest BCUT2D eigenvalue weighted by atomic mass is 9.89. The van der Waals surface area contributed by atoms with Crippen LogP contribution in [0.3, 0.4) is 0 Å². The molecule has 6 heteroatoms. The topological polar surface area (TPSA) is 66.0 Å². The summed E-state index contributed by atoms with van der Waals surface area (Å²) < 4.78 is 2.15. The number of hydrogen-bond acceptors (Lipinski definition) is 2. The van der Waals surface area contributed by atoms with Gasteiger partial charge in [0.15, 0.2) is 0 Å². The molecule has 1 saturated heterocycles. The van der Waals surface area contributed by atoms with Crippen LogP contribution in [-0.2, 0) is 6.54 Å². The minimum Gasteiger partial charge on any atom is -0.361 e. The van der Waals surface area contributed by atoms with Gasteiger partial charge < -0.3 is 19.8 Å². The molecule has 1 aliphatic rings. The van der Waals surface area contributed by atoms with Crippen LogP contribution in [0, 0.1) is 0 Å². The average Bonchev–Trinajstić information content (AvgIpc) is 3.41. The van der Waals surface area contributed by atoms with Gasteiger partial charge in [-0.3, -0.25) is 0 Å². The monoisotopic (exact) mass is 401 g/mol. The number of fused-ring (bicyclic) bond motifs is 2. The summed E-state index contributed by atoms with van der Waals surface area (Å²) >= 11 is 0.